The smallest absolute Gasteiger partial charge is 0.145 e. The zero-order valence-corrected chi connectivity index (χ0v) is 37.4. The Hall–Kier alpha value is -9.12. The van der Waals surface area contributed by atoms with E-state index in [1.807, 2.05) is 0 Å². The average molecular weight is 877 g/mol. The van der Waals surface area contributed by atoms with E-state index in [0.717, 1.165) is 67.0 Å². The zero-order chi connectivity index (χ0) is 45.2. The van der Waals surface area contributed by atoms with Crippen molar-refractivity contribution in [1.82, 2.24) is 19.1 Å². The number of imidazole rings is 2. The molecule has 0 N–H and O–H groups in total. The van der Waals surface area contributed by atoms with E-state index in [4.69, 9.17) is 9.97 Å². The maximum Gasteiger partial charge on any atom is 0.145 e. The largest absolute Gasteiger partial charge is 0.292 e. The molecule has 0 amide bonds. The monoisotopic (exact) mass is 876 g/mol. The average Bonchev–Trinajstić information content (AvgIpc) is 4.16. The third-order valence-electron chi connectivity index (χ3n) is 15.0. The quantitative estimate of drug-likeness (QED) is 0.162. The van der Waals surface area contributed by atoms with Gasteiger partial charge in [0.25, 0.3) is 0 Å². The van der Waals surface area contributed by atoms with Gasteiger partial charge in [0.05, 0.1) is 38.9 Å². The minimum absolute atomic E-state index is 0.480. The molecule has 0 saturated carbocycles. The molecule has 320 valence electrons. The predicted molar refractivity (Wildman–Crippen MR) is 283 cm³/mol. The molecule has 0 saturated heterocycles. The number of aromatic nitrogens is 4. The molecular weight excluding hydrogens is 837 g/mol. The van der Waals surface area contributed by atoms with Crippen molar-refractivity contribution in [1.29, 1.82) is 0 Å². The summed E-state index contributed by atoms with van der Waals surface area (Å²) in [5.74, 6) is 1.81. The van der Waals surface area contributed by atoms with Crippen LogP contribution in [0.4, 0.5) is 0 Å². The summed E-state index contributed by atoms with van der Waals surface area (Å²) in [5.41, 5.74) is 20.7. The van der Waals surface area contributed by atoms with Gasteiger partial charge in [0.1, 0.15) is 11.6 Å². The molecule has 0 bridgehead atoms. The summed E-state index contributed by atoms with van der Waals surface area (Å²) in [6.45, 7) is 0. The first-order chi connectivity index (χ1) is 34.3. The number of hydrogen-bond acceptors (Lipinski definition) is 2. The number of para-hydroxylation sites is 4. The van der Waals surface area contributed by atoms with Crippen LogP contribution in [0.1, 0.15) is 22.3 Å². The molecule has 2 aliphatic rings. The van der Waals surface area contributed by atoms with Gasteiger partial charge in [0, 0.05) is 21.9 Å². The number of nitrogens with zero attached hydrogens (tertiary/aromatic N) is 4. The second kappa shape index (κ2) is 14.4. The number of rotatable bonds is 5. The van der Waals surface area contributed by atoms with Crippen LogP contribution in [0.5, 0.6) is 0 Å². The number of fused-ring (bicyclic) bond motifs is 14. The van der Waals surface area contributed by atoms with Crippen molar-refractivity contribution in [2.24, 2.45) is 0 Å². The fraction of sp³-hybridized carbons (Fsp3) is 0.0154. The highest BCUT2D eigenvalue weighted by atomic mass is 15.1. The van der Waals surface area contributed by atoms with Gasteiger partial charge in [-0.25, -0.2) is 9.97 Å². The van der Waals surface area contributed by atoms with E-state index in [0.29, 0.717) is 0 Å². The Labute approximate surface area is 398 Å². The summed E-state index contributed by atoms with van der Waals surface area (Å²) >= 11 is 0. The molecule has 0 aliphatic heterocycles. The lowest BCUT2D eigenvalue weighted by atomic mass is 9.70. The molecule has 2 aliphatic carbocycles. The highest BCUT2D eigenvalue weighted by Gasteiger charge is 2.52. The molecule has 2 aromatic heterocycles. The maximum absolute atomic E-state index is 5.35. The van der Waals surface area contributed by atoms with Gasteiger partial charge in [0.2, 0.25) is 0 Å². The topological polar surface area (TPSA) is 35.6 Å². The van der Waals surface area contributed by atoms with Gasteiger partial charge in [0.15, 0.2) is 0 Å². The summed E-state index contributed by atoms with van der Waals surface area (Å²) in [6.07, 6.45) is 0. The van der Waals surface area contributed by atoms with Crippen LogP contribution in [-0.2, 0) is 5.41 Å². The lowest BCUT2D eigenvalue weighted by Crippen LogP contribution is -2.25. The highest BCUT2D eigenvalue weighted by molar-refractivity contribution is 6.19. The van der Waals surface area contributed by atoms with E-state index >= 15 is 0 Å². The normalized spacial score (nSPS) is 13.0. The molecule has 11 aromatic carbocycles. The first-order valence-corrected chi connectivity index (χ1v) is 23.8. The molecule has 0 atom stereocenters. The minimum Gasteiger partial charge on any atom is -0.292 e. The molecule has 4 heteroatoms. The Bertz CT molecular complexity index is 4030. The van der Waals surface area contributed by atoms with Crippen LogP contribution in [0.2, 0.25) is 0 Å². The van der Waals surface area contributed by atoms with Gasteiger partial charge in [-0.1, -0.05) is 200 Å². The summed E-state index contributed by atoms with van der Waals surface area (Å²) in [7, 11) is 0. The van der Waals surface area contributed by atoms with E-state index in [-0.39, 0.29) is 0 Å². The molecular formula is C65H40N4. The van der Waals surface area contributed by atoms with E-state index in [1.54, 1.807) is 0 Å². The van der Waals surface area contributed by atoms with Crippen LogP contribution in [0.3, 0.4) is 0 Å². The van der Waals surface area contributed by atoms with Gasteiger partial charge in [-0.05, 0) is 109 Å². The molecule has 4 nitrogen and oxygen atoms in total. The van der Waals surface area contributed by atoms with E-state index in [9.17, 15) is 0 Å². The Kier molecular flexibility index (Phi) is 7.96. The van der Waals surface area contributed by atoms with E-state index in [1.165, 1.54) is 66.4 Å². The second-order valence-electron chi connectivity index (χ2n) is 18.4. The van der Waals surface area contributed by atoms with Gasteiger partial charge in [-0.3, -0.25) is 9.13 Å². The van der Waals surface area contributed by atoms with Crippen LogP contribution in [0, 0.1) is 0 Å². The highest BCUT2D eigenvalue weighted by Crippen LogP contribution is 2.64. The molecule has 13 aromatic rings. The molecule has 0 radical (unpaired) electrons. The third-order valence-corrected chi connectivity index (χ3v) is 15.0. The van der Waals surface area contributed by atoms with Crippen molar-refractivity contribution in [3.8, 4) is 67.5 Å². The van der Waals surface area contributed by atoms with E-state index in [2.05, 4.69) is 252 Å². The second-order valence-corrected chi connectivity index (χ2v) is 18.4. The van der Waals surface area contributed by atoms with Crippen molar-refractivity contribution in [2.75, 3.05) is 0 Å². The van der Waals surface area contributed by atoms with Gasteiger partial charge in [-0.2, -0.15) is 0 Å². The Morgan fingerprint density at radius 3 is 1.23 bits per heavy atom. The Morgan fingerprint density at radius 1 is 0.290 bits per heavy atom. The van der Waals surface area contributed by atoms with Crippen LogP contribution >= 0.6 is 0 Å². The summed E-state index contributed by atoms with van der Waals surface area (Å²) < 4.78 is 4.75. The SMILES string of the molecule is c1ccc(-c2nc3ccccc3n2-c2cccc3c(-c4cccc5c4-c4ccccc4C54c5ccccc5-c5ccccc54)c4cccc(-n5c(-c6ccccc6)nc6ccccc65)c4cc23)cc1. The molecule has 2 heterocycles. The summed E-state index contributed by atoms with van der Waals surface area (Å²) in [5, 5.41) is 4.61. The van der Waals surface area contributed by atoms with Crippen molar-refractivity contribution in [2.45, 2.75) is 5.41 Å². The Morgan fingerprint density at radius 2 is 0.696 bits per heavy atom. The van der Waals surface area contributed by atoms with Gasteiger partial charge in [-0.15, -0.1) is 0 Å². The molecule has 69 heavy (non-hydrogen) atoms. The van der Waals surface area contributed by atoms with Gasteiger partial charge >= 0.3 is 0 Å². The summed E-state index contributed by atoms with van der Waals surface area (Å²) in [6, 6.07) is 88.7. The van der Waals surface area contributed by atoms with Crippen molar-refractivity contribution >= 4 is 43.6 Å². The molecule has 0 fully saturated rings. The summed E-state index contributed by atoms with van der Waals surface area (Å²) in [4.78, 5) is 10.7. The van der Waals surface area contributed by atoms with Gasteiger partial charge < -0.3 is 0 Å². The first-order valence-electron chi connectivity index (χ1n) is 23.8. The lowest BCUT2D eigenvalue weighted by Gasteiger charge is -2.30. The number of hydrogen-bond donors (Lipinski definition) is 0. The lowest BCUT2D eigenvalue weighted by molar-refractivity contribution is 0.794. The molecule has 1 spiro atoms. The van der Waals surface area contributed by atoms with E-state index < -0.39 is 5.41 Å². The standard InChI is InChI=1S/C65H40N4/c1-3-20-41(21-4-1)63-66-55-34-13-15-36-59(55)68(63)57-38-18-27-45-49(57)40-50-46(28-19-39-58(50)69-60-37-16-14-35-56(60)67-64(69)42-22-5-2-6-23-42)61(45)48-29-17-33-54-62(48)47-26-9-12-32-53(47)65(54)51-30-10-7-24-43(51)44-25-8-11-31-52(44)65/h1-40H. The molecule has 15 rings (SSSR count). The van der Waals surface area contributed by atoms with Crippen LogP contribution in [0.25, 0.3) is 111 Å². The fourth-order valence-corrected chi connectivity index (χ4v) is 12.3. The Balaban J connectivity index is 1.11. The van der Waals surface area contributed by atoms with Crippen LogP contribution in [-0.4, -0.2) is 19.1 Å². The third kappa shape index (κ3) is 5.17. The fourth-order valence-electron chi connectivity index (χ4n) is 12.3. The van der Waals surface area contributed by atoms with Crippen LogP contribution in [0.15, 0.2) is 243 Å². The van der Waals surface area contributed by atoms with Crippen molar-refractivity contribution in [3.63, 3.8) is 0 Å². The maximum atomic E-state index is 5.35. The zero-order valence-electron chi connectivity index (χ0n) is 37.4. The first kappa shape index (κ1) is 38.0. The van der Waals surface area contributed by atoms with Crippen LogP contribution < -0.4 is 0 Å². The van der Waals surface area contributed by atoms with Crippen molar-refractivity contribution in [3.05, 3.63) is 265 Å². The molecule has 0 unspecified atom stereocenters. The predicted octanol–water partition coefficient (Wildman–Crippen LogP) is 16.0. The van der Waals surface area contributed by atoms with Crippen molar-refractivity contribution < 1.29 is 0 Å². The minimum atomic E-state index is -0.480. The number of benzene rings is 11.